The number of aryl methyl sites for hydroxylation is 1. The molecule has 0 saturated carbocycles. The predicted molar refractivity (Wildman–Crippen MR) is 106 cm³/mol. The zero-order chi connectivity index (χ0) is 20.1. The van der Waals surface area contributed by atoms with Crippen LogP contribution in [0.25, 0.3) is 22.0 Å². The maximum absolute atomic E-state index is 13.0. The molecule has 0 aliphatic carbocycles. The molecule has 0 saturated heterocycles. The Morgan fingerprint density at radius 1 is 1.07 bits per heavy atom. The maximum Gasteiger partial charge on any atom is 0.357 e. The van der Waals surface area contributed by atoms with Gasteiger partial charge in [-0.1, -0.05) is 30.3 Å². The molecule has 0 spiro atoms. The van der Waals surface area contributed by atoms with Gasteiger partial charge < -0.3 is 4.74 Å². The fraction of sp³-hybridized carbons (Fsp3) is 0.150. The monoisotopic (exact) mass is 409 g/mol. The minimum Gasteiger partial charge on any atom is -0.461 e. The lowest BCUT2D eigenvalue weighted by Gasteiger charge is -2.02. The van der Waals surface area contributed by atoms with E-state index < -0.39 is 5.97 Å². The van der Waals surface area contributed by atoms with E-state index in [1.807, 2.05) is 30.3 Å². The van der Waals surface area contributed by atoms with Crippen LogP contribution in [0.5, 0.6) is 0 Å². The summed E-state index contributed by atoms with van der Waals surface area (Å²) in [4.78, 5) is 17.9. The molecule has 0 N–H and O–H groups in total. The van der Waals surface area contributed by atoms with Crippen molar-refractivity contribution in [2.24, 2.45) is 0 Å². The fourth-order valence-corrected chi connectivity index (χ4v) is 3.37. The van der Waals surface area contributed by atoms with Gasteiger partial charge in [0.1, 0.15) is 10.8 Å². The van der Waals surface area contributed by atoms with Gasteiger partial charge in [0.15, 0.2) is 5.69 Å². The van der Waals surface area contributed by atoms with E-state index >= 15 is 0 Å². The highest BCUT2D eigenvalue weighted by molar-refractivity contribution is 7.13. The van der Waals surface area contributed by atoms with Crippen LogP contribution in [-0.4, -0.2) is 37.8 Å². The lowest BCUT2D eigenvalue weighted by atomic mass is 10.2. The van der Waals surface area contributed by atoms with Gasteiger partial charge >= 0.3 is 5.97 Å². The Hall–Kier alpha value is -3.46. The highest BCUT2D eigenvalue weighted by Gasteiger charge is 2.13. The van der Waals surface area contributed by atoms with Gasteiger partial charge in [-0.2, -0.15) is 4.80 Å². The van der Waals surface area contributed by atoms with Crippen molar-refractivity contribution in [2.75, 3.05) is 6.61 Å². The number of hydrogen-bond donors (Lipinski definition) is 0. The summed E-state index contributed by atoms with van der Waals surface area (Å²) in [6.07, 6.45) is 0.547. The molecule has 0 atom stereocenters. The predicted octanol–water partition coefficient (Wildman–Crippen LogP) is 3.85. The lowest BCUT2D eigenvalue weighted by molar-refractivity contribution is 0.0487. The van der Waals surface area contributed by atoms with E-state index in [2.05, 4.69) is 20.4 Å². The highest BCUT2D eigenvalue weighted by atomic mass is 32.1. The first kappa shape index (κ1) is 18.9. The van der Waals surface area contributed by atoms with E-state index in [0.29, 0.717) is 23.8 Å². The molecule has 2 heterocycles. The standard InChI is InChI=1S/C20H16FN5O2S/c21-16-9-7-15(8-10-16)19-22-17(13-29-19)20(27)28-12-4-11-26-24-18(23-25-26)14-5-2-1-3-6-14/h1-3,5-10,13H,4,11-12H2. The number of tetrazole rings is 1. The number of benzene rings is 2. The summed E-state index contributed by atoms with van der Waals surface area (Å²) in [5.41, 5.74) is 1.88. The second-order valence-electron chi connectivity index (χ2n) is 6.11. The minimum absolute atomic E-state index is 0.213. The molecule has 0 bridgehead atoms. The first-order chi connectivity index (χ1) is 14.2. The lowest BCUT2D eigenvalue weighted by Crippen LogP contribution is -2.10. The van der Waals surface area contributed by atoms with Crippen molar-refractivity contribution in [3.05, 3.63) is 71.5 Å². The van der Waals surface area contributed by atoms with E-state index in [0.717, 1.165) is 11.1 Å². The molecule has 29 heavy (non-hydrogen) atoms. The van der Waals surface area contributed by atoms with Gasteiger partial charge in [-0.3, -0.25) is 0 Å². The Morgan fingerprint density at radius 2 is 1.86 bits per heavy atom. The average molecular weight is 409 g/mol. The van der Waals surface area contributed by atoms with Crippen LogP contribution in [0.4, 0.5) is 4.39 Å². The van der Waals surface area contributed by atoms with Crippen LogP contribution in [0.1, 0.15) is 16.9 Å². The smallest absolute Gasteiger partial charge is 0.357 e. The Balaban J connectivity index is 1.26. The van der Waals surface area contributed by atoms with Gasteiger partial charge in [0, 0.05) is 22.9 Å². The molecule has 0 amide bonds. The van der Waals surface area contributed by atoms with Crippen molar-refractivity contribution < 1.29 is 13.9 Å². The van der Waals surface area contributed by atoms with Crippen LogP contribution < -0.4 is 0 Å². The number of carbonyl (C=O) groups is 1. The third-order valence-electron chi connectivity index (χ3n) is 4.02. The quantitative estimate of drug-likeness (QED) is 0.341. The zero-order valence-electron chi connectivity index (χ0n) is 15.2. The molecule has 7 nitrogen and oxygen atoms in total. The summed E-state index contributed by atoms with van der Waals surface area (Å²) in [5, 5.41) is 14.6. The van der Waals surface area contributed by atoms with Crippen LogP contribution in [-0.2, 0) is 11.3 Å². The van der Waals surface area contributed by atoms with Crippen LogP contribution in [0.2, 0.25) is 0 Å². The third-order valence-corrected chi connectivity index (χ3v) is 4.92. The van der Waals surface area contributed by atoms with Gasteiger partial charge in [-0.25, -0.2) is 14.2 Å². The highest BCUT2D eigenvalue weighted by Crippen LogP contribution is 2.24. The molecular formula is C20H16FN5O2S. The summed E-state index contributed by atoms with van der Waals surface area (Å²) in [5.74, 6) is -0.257. The molecule has 0 fully saturated rings. The molecular weight excluding hydrogens is 393 g/mol. The number of carbonyl (C=O) groups excluding carboxylic acids is 1. The molecule has 146 valence electrons. The Labute approximate surface area is 169 Å². The number of esters is 1. The topological polar surface area (TPSA) is 82.8 Å². The molecule has 4 rings (SSSR count). The number of nitrogens with zero attached hydrogens (tertiary/aromatic N) is 5. The van der Waals surface area contributed by atoms with E-state index in [1.54, 1.807) is 17.5 Å². The Bertz CT molecular complexity index is 1100. The fourth-order valence-electron chi connectivity index (χ4n) is 2.58. The van der Waals surface area contributed by atoms with E-state index in [-0.39, 0.29) is 18.1 Å². The van der Waals surface area contributed by atoms with Gasteiger partial charge in [-0.05, 0) is 29.5 Å². The normalized spacial score (nSPS) is 10.8. The Kier molecular flexibility index (Phi) is 5.66. The molecule has 0 aliphatic rings. The molecule has 0 radical (unpaired) electrons. The number of thiazole rings is 1. The summed E-state index contributed by atoms with van der Waals surface area (Å²) in [7, 11) is 0. The molecule has 9 heteroatoms. The van der Waals surface area contributed by atoms with E-state index in [9.17, 15) is 9.18 Å². The van der Waals surface area contributed by atoms with Crippen LogP contribution in [0, 0.1) is 5.82 Å². The van der Waals surface area contributed by atoms with Crippen molar-refractivity contribution in [2.45, 2.75) is 13.0 Å². The van der Waals surface area contributed by atoms with E-state index in [1.165, 1.54) is 28.3 Å². The first-order valence-corrected chi connectivity index (χ1v) is 9.79. The van der Waals surface area contributed by atoms with Crippen molar-refractivity contribution in [1.82, 2.24) is 25.2 Å². The van der Waals surface area contributed by atoms with Crippen LogP contribution in [0.15, 0.2) is 60.0 Å². The largest absolute Gasteiger partial charge is 0.461 e. The Morgan fingerprint density at radius 3 is 2.66 bits per heavy atom. The molecule has 2 aromatic heterocycles. The molecule has 0 aliphatic heterocycles. The summed E-state index contributed by atoms with van der Waals surface area (Å²) < 4.78 is 18.3. The van der Waals surface area contributed by atoms with Crippen LogP contribution in [0.3, 0.4) is 0 Å². The SMILES string of the molecule is O=C(OCCCn1nnc(-c2ccccc2)n1)c1csc(-c2ccc(F)cc2)n1. The van der Waals surface area contributed by atoms with E-state index in [4.69, 9.17) is 4.74 Å². The minimum atomic E-state index is -0.494. The summed E-state index contributed by atoms with van der Waals surface area (Å²) >= 11 is 1.31. The first-order valence-electron chi connectivity index (χ1n) is 8.91. The number of halogens is 1. The van der Waals surface area contributed by atoms with Crippen molar-refractivity contribution in [3.63, 3.8) is 0 Å². The van der Waals surface area contributed by atoms with Gasteiger partial charge in [-0.15, -0.1) is 21.5 Å². The number of ether oxygens (including phenoxy) is 1. The number of aromatic nitrogens is 5. The van der Waals surface area contributed by atoms with Crippen molar-refractivity contribution >= 4 is 17.3 Å². The van der Waals surface area contributed by atoms with Gasteiger partial charge in [0.25, 0.3) is 0 Å². The second kappa shape index (κ2) is 8.70. The van der Waals surface area contributed by atoms with Crippen molar-refractivity contribution in [3.8, 4) is 22.0 Å². The number of rotatable bonds is 7. The summed E-state index contributed by atoms with van der Waals surface area (Å²) in [6.45, 7) is 0.690. The maximum atomic E-state index is 13.0. The van der Waals surface area contributed by atoms with Crippen molar-refractivity contribution in [1.29, 1.82) is 0 Å². The third kappa shape index (κ3) is 4.69. The van der Waals surface area contributed by atoms with Gasteiger partial charge in [0.05, 0.1) is 13.2 Å². The molecule has 4 aromatic rings. The van der Waals surface area contributed by atoms with Crippen LogP contribution >= 0.6 is 11.3 Å². The second-order valence-corrected chi connectivity index (χ2v) is 6.97. The zero-order valence-corrected chi connectivity index (χ0v) is 16.1. The summed E-state index contributed by atoms with van der Waals surface area (Å²) in [6, 6.07) is 15.5. The molecule has 0 unspecified atom stereocenters. The van der Waals surface area contributed by atoms with Gasteiger partial charge in [0.2, 0.25) is 5.82 Å². The molecule has 2 aromatic carbocycles. The average Bonchev–Trinajstić information content (AvgIpc) is 3.42. The number of hydrogen-bond acceptors (Lipinski definition) is 7.